The van der Waals surface area contributed by atoms with E-state index in [4.69, 9.17) is 0 Å². The molecular formula is C17H13NO2. The first-order chi connectivity index (χ1) is 9.72. The number of nitrogens with zero attached hydrogens (tertiary/aromatic N) is 1. The predicted molar refractivity (Wildman–Crippen MR) is 77.2 cm³/mol. The Morgan fingerprint density at radius 2 is 1.45 bits per heavy atom. The van der Waals surface area contributed by atoms with Gasteiger partial charge >= 0.3 is 0 Å². The molecule has 0 spiro atoms. The van der Waals surface area contributed by atoms with Crippen LogP contribution in [0.4, 0.5) is 0 Å². The lowest BCUT2D eigenvalue weighted by atomic mass is 10.1. The summed E-state index contributed by atoms with van der Waals surface area (Å²) in [5.41, 5.74) is 2.81. The van der Waals surface area contributed by atoms with Crippen molar-refractivity contribution in [3.8, 4) is 0 Å². The number of fused-ring (bicyclic) bond motifs is 1. The molecule has 3 rings (SSSR count). The summed E-state index contributed by atoms with van der Waals surface area (Å²) < 4.78 is 0. The van der Waals surface area contributed by atoms with E-state index in [0.29, 0.717) is 11.1 Å². The maximum Gasteiger partial charge on any atom is 0.261 e. The fraction of sp³-hybridized carbons (Fsp3) is 0.0588. The van der Waals surface area contributed by atoms with Gasteiger partial charge in [-0.3, -0.25) is 14.5 Å². The minimum absolute atomic E-state index is 0.232. The molecule has 1 aliphatic rings. The molecule has 0 fully saturated rings. The van der Waals surface area contributed by atoms with Crippen LogP contribution in [0.2, 0.25) is 0 Å². The molecule has 2 aromatic carbocycles. The number of benzene rings is 2. The van der Waals surface area contributed by atoms with E-state index in [9.17, 15) is 9.59 Å². The second-order valence-electron chi connectivity index (χ2n) is 4.64. The van der Waals surface area contributed by atoms with Gasteiger partial charge in [-0.15, -0.1) is 0 Å². The van der Waals surface area contributed by atoms with Gasteiger partial charge in [0.15, 0.2) is 0 Å². The molecule has 0 atom stereocenters. The van der Waals surface area contributed by atoms with Gasteiger partial charge in [0, 0.05) is 0 Å². The van der Waals surface area contributed by atoms with Crippen molar-refractivity contribution in [1.29, 1.82) is 0 Å². The van der Waals surface area contributed by atoms with E-state index in [0.717, 1.165) is 11.1 Å². The van der Waals surface area contributed by atoms with E-state index in [2.05, 4.69) is 6.58 Å². The van der Waals surface area contributed by atoms with Crippen molar-refractivity contribution in [1.82, 2.24) is 4.90 Å². The van der Waals surface area contributed by atoms with E-state index in [-0.39, 0.29) is 18.4 Å². The van der Waals surface area contributed by atoms with E-state index >= 15 is 0 Å². The first-order valence-electron chi connectivity index (χ1n) is 6.38. The van der Waals surface area contributed by atoms with Crippen LogP contribution in [-0.4, -0.2) is 16.7 Å². The van der Waals surface area contributed by atoms with Crippen molar-refractivity contribution in [3.05, 3.63) is 77.4 Å². The van der Waals surface area contributed by atoms with Gasteiger partial charge < -0.3 is 0 Å². The molecule has 0 saturated carbocycles. The van der Waals surface area contributed by atoms with Gasteiger partial charge in [-0.25, -0.2) is 0 Å². The molecule has 2 aromatic rings. The van der Waals surface area contributed by atoms with Crippen LogP contribution in [0.1, 0.15) is 31.8 Å². The third kappa shape index (κ3) is 1.84. The zero-order valence-corrected chi connectivity index (χ0v) is 10.9. The molecule has 3 nitrogen and oxygen atoms in total. The van der Waals surface area contributed by atoms with Crippen LogP contribution in [-0.2, 0) is 6.54 Å². The van der Waals surface area contributed by atoms with Crippen molar-refractivity contribution in [2.45, 2.75) is 6.54 Å². The third-order valence-electron chi connectivity index (χ3n) is 3.48. The second-order valence-corrected chi connectivity index (χ2v) is 4.64. The quantitative estimate of drug-likeness (QED) is 0.798. The van der Waals surface area contributed by atoms with E-state index in [1.807, 2.05) is 24.3 Å². The van der Waals surface area contributed by atoms with Gasteiger partial charge in [0.2, 0.25) is 0 Å². The first-order valence-corrected chi connectivity index (χ1v) is 6.38. The van der Waals surface area contributed by atoms with Crippen LogP contribution in [0, 0.1) is 0 Å². The minimum Gasteiger partial charge on any atom is -0.270 e. The number of hydrogen-bond donors (Lipinski definition) is 0. The Balaban J connectivity index is 1.96. The number of carbonyl (C=O) groups excluding carboxylic acids is 2. The van der Waals surface area contributed by atoms with Gasteiger partial charge in [0.05, 0.1) is 17.7 Å². The molecule has 0 saturated heterocycles. The summed E-state index contributed by atoms with van der Waals surface area (Å²) in [5, 5.41) is 0. The normalized spacial score (nSPS) is 13.5. The molecule has 0 bridgehead atoms. The van der Waals surface area contributed by atoms with Gasteiger partial charge in [0.1, 0.15) is 0 Å². The Morgan fingerprint density at radius 3 is 2.05 bits per heavy atom. The first kappa shape index (κ1) is 12.4. The fourth-order valence-corrected chi connectivity index (χ4v) is 2.43. The summed E-state index contributed by atoms with van der Waals surface area (Å²) in [5.74, 6) is -0.464. The van der Waals surface area contributed by atoms with Crippen LogP contribution in [0.15, 0.2) is 55.1 Å². The molecule has 3 heteroatoms. The zero-order valence-electron chi connectivity index (χ0n) is 10.9. The van der Waals surface area contributed by atoms with Crippen LogP contribution in [0.5, 0.6) is 0 Å². The van der Waals surface area contributed by atoms with Gasteiger partial charge in [0.25, 0.3) is 11.8 Å². The maximum absolute atomic E-state index is 12.3. The number of hydrogen-bond acceptors (Lipinski definition) is 2. The average Bonchev–Trinajstić information content (AvgIpc) is 2.73. The fourth-order valence-electron chi connectivity index (χ4n) is 2.43. The Labute approximate surface area is 117 Å². The van der Waals surface area contributed by atoms with Gasteiger partial charge in [-0.05, 0) is 23.3 Å². The van der Waals surface area contributed by atoms with E-state index in [1.165, 1.54) is 4.90 Å². The summed E-state index contributed by atoms with van der Waals surface area (Å²) in [7, 11) is 0. The lowest BCUT2D eigenvalue weighted by Crippen LogP contribution is -2.29. The molecule has 0 aliphatic carbocycles. The van der Waals surface area contributed by atoms with Gasteiger partial charge in [-0.2, -0.15) is 0 Å². The van der Waals surface area contributed by atoms with E-state index < -0.39 is 0 Å². The maximum atomic E-state index is 12.3. The predicted octanol–water partition coefficient (Wildman–Crippen LogP) is 3.13. The van der Waals surface area contributed by atoms with Crippen LogP contribution in [0.25, 0.3) is 6.08 Å². The Hall–Kier alpha value is -2.68. The highest BCUT2D eigenvalue weighted by molar-refractivity contribution is 6.21. The van der Waals surface area contributed by atoms with Crippen molar-refractivity contribution in [2.24, 2.45) is 0 Å². The summed E-state index contributed by atoms with van der Waals surface area (Å²) in [6, 6.07) is 14.5. The standard InChI is InChI=1S/C17H13NO2/c1-2-12-7-3-4-8-13(12)11-18-16(19)14-9-5-6-10-15(14)17(18)20/h2-10H,1,11H2. The Kier molecular flexibility index (Phi) is 2.95. The van der Waals surface area contributed by atoms with Crippen LogP contribution in [0.3, 0.4) is 0 Å². The topological polar surface area (TPSA) is 37.4 Å². The molecule has 0 aromatic heterocycles. The van der Waals surface area contributed by atoms with Crippen molar-refractivity contribution in [2.75, 3.05) is 0 Å². The molecule has 1 aliphatic heterocycles. The number of carbonyl (C=O) groups is 2. The smallest absolute Gasteiger partial charge is 0.261 e. The summed E-state index contributed by atoms with van der Waals surface area (Å²) in [4.78, 5) is 25.9. The van der Waals surface area contributed by atoms with E-state index in [1.54, 1.807) is 30.3 Å². The molecular weight excluding hydrogens is 250 g/mol. The summed E-state index contributed by atoms with van der Waals surface area (Å²) in [6.07, 6.45) is 1.73. The summed E-state index contributed by atoms with van der Waals surface area (Å²) in [6.45, 7) is 4.03. The molecule has 20 heavy (non-hydrogen) atoms. The lowest BCUT2D eigenvalue weighted by molar-refractivity contribution is 0.0642. The highest BCUT2D eigenvalue weighted by Gasteiger charge is 2.35. The summed E-state index contributed by atoms with van der Waals surface area (Å²) >= 11 is 0. The zero-order chi connectivity index (χ0) is 14.1. The van der Waals surface area contributed by atoms with Crippen molar-refractivity contribution < 1.29 is 9.59 Å². The SMILES string of the molecule is C=Cc1ccccc1CN1C(=O)c2ccccc2C1=O. The highest BCUT2D eigenvalue weighted by Crippen LogP contribution is 2.25. The molecule has 0 N–H and O–H groups in total. The lowest BCUT2D eigenvalue weighted by Gasteiger charge is -2.15. The largest absolute Gasteiger partial charge is 0.270 e. The van der Waals surface area contributed by atoms with Crippen molar-refractivity contribution in [3.63, 3.8) is 0 Å². The number of rotatable bonds is 3. The van der Waals surface area contributed by atoms with Gasteiger partial charge in [-0.1, -0.05) is 49.1 Å². The Bertz CT molecular complexity index is 683. The number of imide groups is 1. The monoisotopic (exact) mass is 263 g/mol. The molecule has 0 unspecified atom stereocenters. The molecule has 1 heterocycles. The van der Waals surface area contributed by atoms with Crippen molar-refractivity contribution >= 4 is 17.9 Å². The molecule has 0 radical (unpaired) electrons. The van der Waals surface area contributed by atoms with Crippen LogP contribution < -0.4 is 0 Å². The highest BCUT2D eigenvalue weighted by atomic mass is 16.2. The Morgan fingerprint density at radius 1 is 0.900 bits per heavy atom. The molecule has 2 amide bonds. The minimum atomic E-state index is -0.232. The number of amides is 2. The van der Waals surface area contributed by atoms with Crippen LogP contribution >= 0.6 is 0 Å². The average molecular weight is 263 g/mol. The third-order valence-corrected chi connectivity index (χ3v) is 3.48. The second kappa shape index (κ2) is 4.78. The molecule has 98 valence electrons.